The summed E-state index contributed by atoms with van der Waals surface area (Å²) in [6.45, 7) is 3.40. The van der Waals surface area contributed by atoms with Crippen molar-refractivity contribution in [1.29, 1.82) is 0 Å². The fourth-order valence-electron chi connectivity index (χ4n) is 5.22. The molecule has 0 radical (unpaired) electrons. The summed E-state index contributed by atoms with van der Waals surface area (Å²) in [5.74, 6) is -0.417. The van der Waals surface area contributed by atoms with Gasteiger partial charge in [-0.1, -0.05) is 19.3 Å². The van der Waals surface area contributed by atoms with Crippen LogP contribution in [0.15, 0.2) is 18.2 Å². The number of hydrogen-bond acceptors (Lipinski definition) is 6. The van der Waals surface area contributed by atoms with Crippen LogP contribution in [0.2, 0.25) is 0 Å². The average molecular weight is 472 g/mol. The van der Waals surface area contributed by atoms with Crippen molar-refractivity contribution in [1.82, 2.24) is 14.9 Å². The molecule has 1 saturated carbocycles. The van der Waals surface area contributed by atoms with Crippen molar-refractivity contribution >= 4 is 17.7 Å². The summed E-state index contributed by atoms with van der Waals surface area (Å²) in [7, 11) is 2.08. The highest BCUT2D eigenvalue weighted by Gasteiger charge is 2.31. The average Bonchev–Trinajstić information content (AvgIpc) is 2.88. The lowest BCUT2D eigenvalue weighted by Gasteiger charge is -2.37. The second-order valence-electron chi connectivity index (χ2n) is 9.38. The normalized spacial score (nSPS) is 19.1. The van der Waals surface area contributed by atoms with Gasteiger partial charge in [-0.15, -0.1) is 0 Å². The van der Waals surface area contributed by atoms with E-state index in [9.17, 15) is 13.6 Å². The van der Waals surface area contributed by atoms with Gasteiger partial charge in [0.2, 0.25) is 5.95 Å². The number of aromatic nitrogens is 2. The lowest BCUT2D eigenvalue weighted by molar-refractivity contribution is 0.0728. The van der Waals surface area contributed by atoms with E-state index in [2.05, 4.69) is 16.8 Å². The molecule has 0 spiro atoms. The van der Waals surface area contributed by atoms with E-state index in [1.165, 1.54) is 25.3 Å². The van der Waals surface area contributed by atoms with Crippen LogP contribution in [0.1, 0.15) is 53.7 Å². The van der Waals surface area contributed by atoms with E-state index in [4.69, 9.17) is 14.7 Å². The molecule has 2 fully saturated rings. The summed E-state index contributed by atoms with van der Waals surface area (Å²) in [5, 5.41) is 0. The number of nitrogens with zero attached hydrogens (tertiary/aromatic N) is 5. The standard InChI is InChI=1S/C25H31F2N5O2/c1-30(18-5-3-2-4-6-18)25-28-22-9-10-32(24(33)19-8-7-17(26)15-21(19)27)16-20(22)23(29-25)31-11-13-34-14-12-31/h7-8,15,18H,2-6,9-14,16H2,1H3. The summed E-state index contributed by atoms with van der Waals surface area (Å²) >= 11 is 0. The van der Waals surface area contributed by atoms with E-state index < -0.39 is 17.5 Å². The number of carbonyl (C=O) groups is 1. The molecule has 1 amide bonds. The van der Waals surface area contributed by atoms with Gasteiger partial charge in [-0.2, -0.15) is 4.98 Å². The Hall–Kier alpha value is -2.81. The molecule has 34 heavy (non-hydrogen) atoms. The maximum atomic E-state index is 14.3. The zero-order valence-electron chi connectivity index (χ0n) is 19.6. The van der Waals surface area contributed by atoms with Crippen LogP contribution in [0.25, 0.3) is 0 Å². The van der Waals surface area contributed by atoms with Crippen LogP contribution < -0.4 is 9.80 Å². The highest BCUT2D eigenvalue weighted by Crippen LogP contribution is 2.32. The molecule has 1 saturated heterocycles. The van der Waals surface area contributed by atoms with Gasteiger partial charge in [0, 0.05) is 50.8 Å². The molecule has 2 aliphatic heterocycles. The van der Waals surface area contributed by atoms with Gasteiger partial charge < -0.3 is 19.4 Å². The zero-order valence-corrected chi connectivity index (χ0v) is 19.6. The molecule has 0 bridgehead atoms. The van der Waals surface area contributed by atoms with Crippen LogP contribution in [-0.4, -0.2) is 66.7 Å². The maximum Gasteiger partial charge on any atom is 0.257 e. The molecule has 2 aromatic rings. The van der Waals surface area contributed by atoms with E-state index in [1.807, 2.05) is 0 Å². The lowest BCUT2D eigenvalue weighted by atomic mass is 9.95. The predicted molar refractivity (Wildman–Crippen MR) is 125 cm³/mol. The van der Waals surface area contributed by atoms with Crippen molar-refractivity contribution in [2.45, 2.75) is 51.1 Å². The Labute approximate surface area is 198 Å². The first-order valence-corrected chi connectivity index (χ1v) is 12.2. The van der Waals surface area contributed by atoms with Gasteiger partial charge in [-0.05, 0) is 25.0 Å². The van der Waals surface area contributed by atoms with E-state index in [-0.39, 0.29) is 5.56 Å². The Morgan fingerprint density at radius 2 is 1.85 bits per heavy atom. The highest BCUT2D eigenvalue weighted by atomic mass is 19.1. The quantitative estimate of drug-likeness (QED) is 0.680. The molecule has 0 atom stereocenters. The van der Waals surface area contributed by atoms with E-state index in [0.717, 1.165) is 61.1 Å². The number of anilines is 2. The van der Waals surface area contributed by atoms with E-state index >= 15 is 0 Å². The van der Waals surface area contributed by atoms with Crippen molar-refractivity contribution in [2.75, 3.05) is 49.7 Å². The molecule has 3 heterocycles. The molecule has 0 N–H and O–H groups in total. The Morgan fingerprint density at radius 3 is 2.59 bits per heavy atom. The Kier molecular flexibility index (Phi) is 6.63. The summed E-state index contributed by atoms with van der Waals surface area (Å²) in [5.41, 5.74) is 1.73. The van der Waals surface area contributed by atoms with Crippen molar-refractivity contribution < 1.29 is 18.3 Å². The van der Waals surface area contributed by atoms with Gasteiger partial charge in [0.1, 0.15) is 17.5 Å². The minimum absolute atomic E-state index is 0.118. The molecule has 9 heteroatoms. The molecule has 1 aliphatic carbocycles. The van der Waals surface area contributed by atoms with Crippen LogP contribution in [0.4, 0.5) is 20.5 Å². The molecule has 0 unspecified atom stereocenters. The molecule has 5 rings (SSSR count). The Bertz CT molecular complexity index is 1050. The number of rotatable bonds is 4. The lowest BCUT2D eigenvalue weighted by Crippen LogP contribution is -2.42. The number of hydrogen-bond donors (Lipinski definition) is 0. The number of benzene rings is 1. The van der Waals surface area contributed by atoms with Gasteiger partial charge in [-0.3, -0.25) is 4.79 Å². The highest BCUT2D eigenvalue weighted by molar-refractivity contribution is 5.94. The first kappa shape index (κ1) is 23.0. The number of ether oxygens (including phenoxy) is 1. The van der Waals surface area contributed by atoms with Crippen LogP contribution in [0, 0.1) is 11.6 Å². The zero-order chi connectivity index (χ0) is 23.7. The molecule has 3 aliphatic rings. The third-order valence-electron chi connectivity index (χ3n) is 7.22. The van der Waals surface area contributed by atoms with Gasteiger partial charge in [0.05, 0.1) is 31.0 Å². The maximum absolute atomic E-state index is 14.3. The fraction of sp³-hybridized carbons (Fsp3) is 0.560. The number of amides is 1. The van der Waals surface area contributed by atoms with Crippen molar-refractivity contribution in [3.63, 3.8) is 0 Å². The third kappa shape index (κ3) is 4.58. The topological polar surface area (TPSA) is 61.8 Å². The molecule has 7 nitrogen and oxygen atoms in total. The largest absolute Gasteiger partial charge is 0.378 e. The van der Waals surface area contributed by atoms with Crippen molar-refractivity contribution in [3.8, 4) is 0 Å². The fourth-order valence-corrected chi connectivity index (χ4v) is 5.22. The minimum Gasteiger partial charge on any atom is -0.378 e. The van der Waals surface area contributed by atoms with Crippen LogP contribution in [0.5, 0.6) is 0 Å². The van der Waals surface area contributed by atoms with Crippen LogP contribution in [-0.2, 0) is 17.7 Å². The minimum atomic E-state index is -0.843. The summed E-state index contributed by atoms with van der Waals surface area (Å²) < 4.78 is 33.2. The van der Waals surface area contributed by atoms with Gasteiger partial charge >= 0.3 is 0 Å². The van der Waals surface area contributed by atoms with Gasteiger partial charge in [-0.25, -0.2) is 13.8 Å². The monoisotopic (exact) mass is 471 g/mol. The summed E-state index contributed by atoms with van der Waals surface area (Å²) in [6.07, 6.45) is 6.60. The van der Waals surface area contributed by atoms with Gasteiger partial charge in [0.25, 0.3) is 5.91 Å². The summed E-state index contributed by atoms with van der Waals surface area (Å²) in [4.78, 5) is 29.1. The first-order valence-electron chi connectivity index (χ1n) is 12.2. The number of carbonyl (C=O) groups excluding carboxylic acids is 1. The smallest absolute Gasteiger partial charge is 0.257 e. The van der Waals surface area contributed by atoms with Crippen molar-refractivity contribution in [3.05, 3.63) is 46.7 Å². The molecule has 1 aromatic heterocycles. The molecule has 1 aromatic carbocycles. The third-order valence-corrected chi connectivity index (χ3v) is 7.22. The Morgan fingerprint density at radius 1 is 1.09 bits per heavy atom. The van der Waals surface area contributed by atoms with Crippen LogP contribution >= 0.6 is 0 Å². The van der Waals surface area contributed by atoms with Crippen molar-refractivity contribution in [2.24, 2.45) is 0 Å². The first-order chi connectivity index (χ1) is 16.5. The number of halogens is 2. The summed E-state index contributed by atoms with van der Waals surface area (Å²) in [6, 6.07) is 3.52. The number of morpholine rings is 1. The van der Waals surface area contributed by atoms with E-state index in [0.29, 0.717) is 38.8 Å². The molecule has 182 valence electrons. The second-order valence-corrected chi connectivity index (χ2v) is 9.38. The van der Waals surface area contributed by atoms with Crippen LogP contribution in [0.3, 0.4) is 0 Å². The van der Waals surface area contributed by atoms with Gasteiger partial charge in [0.15, 0.2) is 0 Å². The Balaban J connectivity index is 1.46. The number of fused-ring (bicyclic) bond motifs is 1. The molecular formula is C25H31F2N5O2. The SMILES string of the molecule is CN(c1nc2c(c(N3CCOCC3)n1)CN(C(=O)c1ccc(F)cc1F)CC2)C1CCCCC1. The molecular weight excluding hydrogens is 440 g/mol. The predicted octanol–water partition coefficient (Wildman–Crippen LogP) is 3.56. The van der Waals surface area contributed by atoms with E-state index in [1.54, 1.807) is 4.90 Å². The second kappa shape index (κ2) is 9.82.